The van der Waals surface area contributed by atoms with Crippen LogP contribution in [0, 0.1) is 5.92 Å². The van der Waals surface area contributed by atoms with E-state index in [-0.39, 0.29) is 23.8 Å². The maximum absolute atomic E-state index is 11.8. The molecule has 0 bridgehead atoms. The molecule has 0 radical (unpaired) electrons. The lowest BCUT2D eigenvalue weighted by molar-refractivity contribution is -0.147. The summed E-state index contributed by atoms with van der Waals surface area (Å²) < 4.78 is 4.84. The Morgan fingerprint density at radius 1 is 1.22 bits per heavy atom. The third-order valence-electron chi connectivity index (χ3n) is 3.33. The Kier molecular flexibility index (Phi) is 6.12. The van der Waals surface area contributed by atoms with E-state index in [2.05, 4.69) is 5.32 Å². The number of ether oxygens (including phenoxy) is 1. The number of esters is 1. The van der Waals surface area contributed by atoms with Crippen molar-refractivity contribution >= 4 is 11.9 Å². The number of methoxy groups -OCH3 is 1. The van der Waals surface area contributed by atoms with Gasteiger partial charge in [0.15, 0.2) is 0 Å². The van der Waals surface area contributed by atoms with Crippen molar-refractivity contribution in [3.63, 3.8) is 0 Å². The number of carbonyl (C=O) groups excluding carboxylic acids is 2. The van der Waals surface area contributed by atoms with Gasteiger partial charge in [0.05, 0.1) is 19.6 Å². The van der Waals surface area contributed by atoms with Crippen molar-refractivity contribution in [2.24, 2.45) is 5.92 Å². The Labute approximate surface area is 109 Å². The summed E-state index contributed by atoms with van der Waals surface area (Å²) in [5, 5.41) is 2.97. The van der Waals surface area contributed by atoms with E-state index in [1.165, 1.54) is 7.11 Å². The second-order valence-electron chi connectivity index (χ2n) is 5.18. The molecule has 5 heteroatoms. The van der Waals surface area contributed by atoms with Crippen LogP contribution in [0.1, 0.15) is 32.1 Å². The molecule has 1 aliphatic carbocycles. The fourth-order valence-electron chi connectivity index (χ4n) is 2.45. The summed E-state index contributed by atoms with van der Waals surface area (Å²) in [4.78, 5) is 25.4. The van der Waals surface area contributed by atoms with Crippen molar-refractivity contribution in [2.45, 2.75) is 38.1 Å². The van der Waals surface area contributed by atoms with Crippen LogP contribution in [0.3, 0.4) is 0 Å². The first-order chi connectivity index (χ1) is 8.54. The molecule has 1 N–H and O–H groups in total. The third kappa shape index (κ3) is 4.64. The van der Waals surface area contributed by atoms with Crippen LogP contribution in [0.4, 0.5) is 0 Å². The number of nitrogens with zero attached hydrogens (tertiary/aromatic N) is 1. The van der Waals surface area contributed by atoms with Crippen LogP contribution >= 0.6 is 0 Å². The van der Waals surface area contributed by atoms with E-state index >= 15 is 0 Å². The number of hydrogen-bond donors (Lipinski definition) is 1. The first-order valence-corrected chi connectivity index (χ1v) is 6.56. The fourth-order valence-corrected chi connectivity index (χ4v) is 2.45. The summed E-state index contributed by atoms with van der Waals surface area (Å²) in [5.74, 6) is -0.420. The van der Waals surface area contributed by atoms with Crippen molar-refractivity contribution in [3.8, 4) is 0 Å². The summed E-state index contributed by atoms with van der Waals surface area (Å²) in [7, 11) is 5.11. The lowest BCUT2D eigenvalue weighted by Crippen LogP contribution is -2.46. The summed E-state index contributed by atoms with van der Waals surface area (Å²) in [6.07, 6.45) is 4.87. The van der Waals surface area contributed by atoms with Gasteiger partial charge in [-0.1, -0.05) is 19.3 Å². The quantitative estimate of drug-likeness (QED) is 0.597. The maximum atomic E-state index is 11.8. The van der Waals surface area contributed by atoms with Gasteiger partial charge in [0, 0.05) is 6.04 Å². The summed E-state index contributed by atoms with van der Waals surface area (Å²) in [6, 6.07) is -0.0765. The predicted molar refractivity (Wildman–Crippen MR) is 69.1 cm³/mol. The molecule has 18 heavy (non-hydrogen) atoms. The molecule has 0 aromatic rings. The SMILES string of the molecule is COC(=O)[C@H]1CCCCC[C@@H]1NC(=O)CN(C)C. The van der Waals surface area contributed by atoms with Gasteiger partial charge in [0.2, 0.25) is 5.91 Å². The average Bonchev–Trinajstić information content (AvgIpc) is 2.52. The smallest absolute Gasteiger partial charge is 0.310 e. The van der Waals surface area contributed by atoms with E-state index < -0.39 is 0 Å². The molecule has 1 amide bonds. The lowest BCUT2D eigenvalue weighted by Gasteiger charge is -2.24. The van der Waals surface area contributed by atoms with Crippen LogP contribution < -0.4 is 5.32 Å². The second kappa shape index (κ2) is 7.36. The van der Waals surface area contributed by atoms with Gasteiger partial charge >= 0.3 is 5.97 Å². The third-order valence-corrected chi connectivity index (χ3v) is 3.33. The maximum Gasteiger partial charge on any atom is 0.310 e. The molecule has 1 aliphatic rings. The fraction of sp³-hybridized carbons (Fsp3) is 0.846. The van der Waals surface area contributed by atoms with E-state index in [1.807, 2.05) is 19.0 Å². The molecule has 1 rings (SSSR count). The first kappa shape index (κ1) is 15.0. The zero-order chi connectivity index (χ0) is 13.5. The van der Waals surface area contributed by atoms with Crippen LogP contribution in [0.2, 0.25) is 0 Å². The van der Waals surface area contributed by atoms with Gasteiger partial charge in [0.25, 0.3) is 0 Å². The Morgan fingerprint density at radius 2 is 1.89 bits per heavy atom. The Balaban J connectivity index is 2.61. The number of hydrogen-bond acceptors (Lipinski definition) is 4. The van der Waals surface area contributed by atoms with Gasteiger partial charge < -0.3 is 15.0 Å². The summed E-state index contributed by atoms with van der Waals surface area (Å²) in [6.45, 7) is 0.352. The van der Waals surface area contributed by atoms with Gasteiger partial charge in [-0.25, -0.2) is 0 Å². The van der Waals surface area contributed by atoms with E-state index in [4.69, 9.17) is 4.74 Å². The van der Waals surface area contributed by atoms with Gasteiger partial charge in [-0.3, -0.25) is 9.59 Å². The molecule has 1 saturated carbocycles. The predicted octanol–water partition coefficient (Wildman–Crippen LogP) is 0.786. The highest BCUT2D eigenvalue weighted by Gasteiger charge is 2.31. The molecular formula is C13H24N2O3. The van der Waals surface area contributed by atoms with Crippen LogP contribution in [0.5, 0.6) is 0 Å². The normalized spacial score (nSPS) is 24.4. The lowest BCUT2D eigenvalue weighted by atomic mass is 9.95. The molecule has 0 spiro atoms. The van der Waals surface area contributed by atoms with E-state index in [0.717, 1.165) is 32.1 Å². The van der Waals surface area contributed by atoms with Gasteiger partial charge in [-0.05, 0) is 26.9 Å². The zero-order valence-electron chi connectivity index (χ0n) is 11.6. The van der Waals surface area contributed by atoms with E-state index in [0.29, 0.717) is 6.54 Å². The molecule has 0 unspecified atom stereocenters. The molecule has 0 aromatic heterocycles. The largest absolute Gasteiger partial charge is 0.469 e. The first-order valence-electron chi connectivity index (χ1n) is 6.56. The van der Waals surface area contributed by atoms with Gasteiger partial charge in [-0.2, -0.15) is 0 Å². The Morgan fingerprint density at radius 3 is 2.50 bits per heavy atom. The summed E-state index contributed by atoms with van der Waals surface area (Å²) >= 11 is 0. The topological polar surface area (TPSA) is 58.6 Å². The Hall–Kier alpha value is -1.10. The summed E-state index contributed by atoms with van der Waals surface area (Å²) in [5.41, 5.74) is 0. The van der Waals surface area contributed by atoms with Crippen LogP contribution in [-0.4, -0.2) is 50.6 Å². The van der Waals surface area contributed by atoms with Crippen molar-refractivity contribution in [1.29, 1.82) is 0 Å². The molecule has 0 heterocycles. The molecule has 0 saturated heterocycles. The number of rotatable bonds is 4. The molecule has 0 aromatic carbocycles. The monoisotopic (exact) mass is 256 g/mol. The number of carbonyl (C=O) groups is 2. The highest BCUT2D eigenvalue weighted by atomic mass is 16.5. The zero-order valence-corrected chi connectivity index (χ0v) is 11.6. The van der Waals surface area contributed by atoms with Crippen LogP contribution in [0.25, 0.3) is 0 Å². The van der Waals surface area contributed by atoms with Crippen molar-refractivity contribution in [3.05, 3.63) is 0 Å². The number of likely N-dealkylation sites (N-methyl/N-ethyl adjacent to an activating group) is 1. The standard InChI is InChI=1S/C13H24N2O3/c1-15(2)9-12(16)14-11-8-6-4-5-7-10(11)13(17)18-3/h10-11H,4-9H2,1-3H3,(H,14,16)/t10-,11-/m0/s1. The minimum absolute atomic E-state index is 0.0270. The van der Waals surface area contributed by atoms with E-state index in [9.17, 15) is 9.59 Å². The molecule has 104 valence electrons. The van der Waals surface area contributed by atoms with E-state index in [1.54, 1.807) is 0 Å². The average molecular weight is 256 g/mol. The minimum Gasteiger partial charge on any atom is -0.469 e. The molecule has 5 nitrogen and oxygen atoms in total. The van der Waals surface area contributed by atoms with Crippen molar-refractivity contribution in [1.82, 2.24) is 10.2 Å². The molecule has 0 aliphatic heterocycles. The molecular weight excluding hydrogens is 232 g/mol. The molecule has 1 fully saturated rings. The van der Waals surface area contributed by atoms with Gasteiger partial charge in [0.1, 0.15) is 0 Å². The van der Waals surface area contributed by atoms with Crippen LogP contribution in [0.15, 0.2) is 0 Å². The number of amides is 1. The van der Waals surface area contributed by atoms with Crippen molar-refractivity contribution in [2.75, 3.05) is 27.7 Å². The molecule has 2 atom stereocenters. The second-order valence-corrected chi connectivity index (χ2v) is 5.18. The highest BCUT2D eigenvalue weighted by Crippen LogP contribution is 2.24. The number of nitrogens with one attached hydrogen (secondary N) is 1. The van der Waals surface area contributed by atoms with Crippen LogP contribution in [-0.2, 0) is 14.3 Å². The Bertz CT molecular complexity index is 292. The minimum atomic E-state index is -0.202. The van der Waals surface area contributed by atoms with Gasteiger partial charge in [-0.15, -0.1) is 0 Å². The van der Waals surface area contributed by atoms with Crippen molar-refractivity contribution < 1.29 is 14.3 Å². The highest BCUT2D eigenvalue weighted by molar-refractivity contribution is 5.80.